The van der Waals surface area contributed by atoms with Gasteiger partial charge in [0.1, 0.15) is 11.9 Å². The molecule has 0 fully saturated rings. The molecule has 1 amide bonds. The van der Waals surface area contributed by atoms with Crippen LogP contribution in [0.2, 0.25) is 10.0 Å². The molecule has 25 heavy (non-hydrogen) atoms. The summed E-state index contributed by atoms with van der Waals surface area (Å²) in [5.41, 5.74) is 0.736. The van der Waals surface area contributed by atoms with Crippen LogP contribution in [-0.4, -0.2) is 24.5 Å². The smallest absolute Gasteiger partial charge is 0.328 e. The summed E-state index contributed by atoms with van der Waals surface area (Å²) in [4.78, 5) is 24.6. The molecule has 0 aliphatic carbocycles. The van der Waals surface area contributed by atoms with Gasteiger partial charge in [-0.15, -0.1) is 0 Å². The highest BCUT2D eigenvalue weighted by Gasteiger charge is 2.24. The van der Waals surface area contributed by atoms with Crippen LogP contribution >= 0.6 is 23.2 Å². The van der Waals surface area contributed by atoms with E-state index in [1.165, 1.54) is 0 Å². The number of rotatable bonds is 6. The molecule has 1 atom stereocenters. The van der Waals surface area contributed by atoms with Gasteiger partial charge in [-0.25, -0.2) is 9.18 Å². The third kappa shape index (κ3) is 5.18. The predicted octanol–water partition coefficient (Wildman–Crippen LogP) is 4.04. The molecule has 1 N–H and O–H groups in total. The quantitative estimate of drug-likeness (QED) is 0.604. The van der Waals surface area contributed by atoms with Gasteiger partial charge in [0.2, 0.25) is 0 Å². The second kappa shape index (κ2) is 8.83. The number of hydrogen-bond acceptors (Lipinski definition) is 3. The summed E-state index contributed by atoms with van der Waals surface area (Å²) in [5.74, 6) is -2.04. The Hall–Kier alpha value is -2.11. The molecular weight excluding hydrogens is 368 g/mol. The molecule has 132 valence electrons. The highest BCUT2D eigenvalue weighted by molar-refractivity contribution is 6.36. The molecule has 7 heteroatoms. The van der Waals surface area contributed by atoms with Crippen LogP contribution in [0.25, 0.3) is 0 Å². The van der Waals surface area contributed by atoms with Crippen LogP contribution in [-0.2, 0) is 16.0 Å². The molecule has 0 radical (unpaired) electrons. The molecule has 1 unspecified atom stereocenters. The normalized spacial score (nSPS) is 11.7. The number of halogens is 3. The molecule has 0 bridgehead atoms. The summed E-state index contributed by atoms with van der Waals surface area (Å²) < 4.78 is 18.6. The van der Waals surface area contributed by atoms with E-state index in [1.54, 1.807) is 6.92 Å². The van der Waals surface area contributed by atoms with E-state index in [0.717, 1.165) is 17.7 Å². The van der Waals surface area contributed by atoms with Crippen LogP contribution in [0, 0.1) is 5.82 Å². The van der Waals surface area contributed by atoms with Gasteiger partial charge in [-0.2, -0.15) is 0 Å². The van der Waals surface area contributed by atoms with E-state index in [4.69, 9.17) is 27.9 Å². The standard InChI is InChI=1S/C18H16Cl2FNO3/c1-2-25-18(24)16(8-11-6-4-3-5-7-11)22-17(23)12-9-15(21)14(20)10-13(12)19/h3-7,9-10,16H,2,8H2,1H3,(H,22,23). The van der Waals surface area contributed by atoms with Crippen molar-refractivity contribution < 1.29 is 18.7 Å². The second-order valence-corrected chi connectivity index (χ2v) is 6.03. The summed E-state index contributed by atoms with van der Waals surface area (Å²) in [5, 5.41) is 2.35. The summed E-state index contributed by atoms with van der Waals surface area (Å²) in [7, 11) is 0. The molecule has 0 saturated heterocycles. The molecule has 0 saturated carbocycles. The first-order valence-corrected chi connectivity index (χ1v) is 8.34. The Balaban J connectivity index is 2.22. The molecule has 2 aromatic rings. The Bertz CT molecular complexity index is 768. The first-order valence-electron chi connectivity index (χ1n) is 7.58. The fourth-order valence-electron chi connectivity index (χ4n) is 2.22. The van der Waals surface area contributed by atoms with E-state index in [-0.39, 0.29) is 28.6 Å². The van der Waals surface area contributed by atoms with E-state index in [0.29, 0.717) is 0 Å². The lowest BCUT2D eigenvalue weighted by molar-refractivity contribution is -0.145. The molecule has 4 nitrogen and oxygen atoms in total. The highest BCUT2D eigenvalue weighted by atomic mass is 35.5. The molecule has 2 aromatic carbocycles. The van der Waals surface area contributed by atoms with Gasteiger partial charge in [-0.05, 0) is 24.6 Å². The van der Waals surface area contributed by atoms with E-state index < -0.39 is 23.7 Å². The van der Waals surface area contributed by atoms with Crippen molar-refractivity contribution in [2.24, 2.45) is 0 Å². The molecule has 2 rings (SSSR count). The third-order valence-electron chi connectivity index (χ3n) is 3.41. The number of esters is 1. The van der Waals surface area contributed by atoms with Crippen LogP contribution in [0.3, 0.4) is 0 Å². The van der Waals surface area contributed by atoms with Gasteiger partial charge >= 0.3 is 5.97 Å². The minimum atomic E-state index is -0.926. The van der Waals surface area contributed by atoms with Gasteiger partial charge in [0, 0.05) is 6.42 Å². The number of hydrogen-bond donors (Lipinski definition) is 1. The number of amides is 1. The van der Waals surface area contributed by atoms with Crippen LogP contribution in [0.4, 0.5) is 4.39 Å². The van der Waals surface area contributed by atoms with E-state index in [1.807, 2.05) is 30.3 Å². The fourth-order valence-corrected chi connectivity index (χ4v) is 2.69. The SMILES string of the molecule is CCOC(=O)C(Cc1ccccc1)NC(=O)c1cc(F)c(Cl)cc1Cl. The van der Waals surface area contributed by atoms with Gasteiger partial charge in [-0.3, -0.25) is 4.79 Å². The maximum absolute atomic E-state index is 13.6. The van der Waals surface area contributed by atoms with Crippen molar-refractivity contribution >= 4 is 35.1 Å². The fraction of sp³-hybridized carbons (Fsp3) is 0.222. The minimum Gasteiger partial charge on any atom is -0.464 e. The lowest BCUT2D eigenvalue weighted by Crippen LogP contribution is -2.43. The van der Waals surface area contributed by atoms with Crippen molar-refractivity contribution in [1.29, 1.82) is 0 Å². The Morgan fingerprint density at radius 1 is 1.16 bits per heavy atom. The first-order chi connectivity index (χ1) is 11.9. The van der Waals surface area contributed by atoms with Crippen molar-refractivity contribution in [3.05, 3.63) is 69.5 Å². The zero-order valence-electron chi connectivity index (χ0n) is 13.4. The lowest BCUT2D eigenvalue weighted by Gasteiger charge is -2.18. The van der Waals surface area contributed by atoms with Crippen molar-refractivity contribution in [2.75, 3.05) is 6.61 Å². The average Bonchev–Trinajstić information content (AvgIpc) is 2.58. The van der Waals surface area contributed by atoms with Crippen molar-refractivity contribution in [3.63, 3.8) is 0 Å². The largest absolute Gasteiger partial charge is 0.464 e. The topological polar surface area (TPSA) is 55.4 Å². The maximum Gasteiger partial charge on any atom is 0.328 e. The van der Waals surface area contributed by atoms with Gasteiger partial charge < -0.3 is 10.1 Å². The third-order valence-corrected chi connectivity index (χ3v) is 4.02. The molecular formula is C18H16Cl2FNO3. The Kier molecular flexibility index (Phi) is 6.79. The van der Waals surface area contributed by atoms with Crippen LogP contribution in [0.15, 0.2) is 42.5 Å². The van der Waals surface area contributed by atoms with Crippen molar-refractivity contribution in [3.8, 4) is 0 Å². The van der Waals surface area contributed by atoms with E-state index >= 15 is 0 Å². The van der Waals surface area contributed by atoms with E-state index in [9.17, 15) is 14.0 Å². The highest BCUT2D eigenvalue weighted by Crippen LogP contribution is 2.24. The Labute approximate surface area is 154 Å². The average molecular weight is 384 g/mol. The maximum atomic E-state index is 13.6. The number of carbonyl (C=O) groups is 2. The molecule has 0 heterocycles. The first kappa shape index (κ1) is 19.2. The summed E-state index contributed by atoms with van der Waals surface area (Å²) in [6, 6.07) is 10.3. The molecule has 0 aliphatic heterocycles. The predicted molar refractivity (Wildman–Crippen MR) is 94.5 cm³/mol. The van der Waals surface area contributed by atoms with Gasteiger partial charge in [0.15, 0.2) is 0 Å². The number of carbonyl (C=O) groups excluding carboxylic acids is 2. The summed E-state index contributed by atoms with van der Waals surface area (Å²) in [6.07, 6.45) is 0.235. The van der Waals surface area contributed by atoms with Crippen molar-refractivity contribution in [1.82, 2.24) is 5.32 Å². The van der Waals surface area contributed by atoms with Gasteiger partial charge in [-0.1, -0.05) is 53.5 Å². The van der Waals surface area contributed by atoms with Crippen molar-refractivity contribution in [2.45, 2.75) is 19.4 Å². The van der Waals surface area contributed by atoms with Crippen LogP contribution < -0.4 is 5.32 Å². The number of ether oxygens (including phenoxy) is 1. The van der Waals surface area contributed by atoms with Gasteiger partial charge in [0.05, 0.1) is 22.2 Å². The number of benzene rings is 2. The summed E-state index contributed by atoms with van der Waals surface area (Å²) >= 11 is 11.6. The summed E-state index contributed by atoms with van der Waals surface area (Å²) in [6.45, 7) is 1.85. The zero-order valence-corrected chi connectivity index (χ0v) is 14.9. The minimum absolute atomic E-state index is 0.00813. The molecule has 0 aromatic heterocycles. The molecule has 0 aliphatic rings. The van der Waals surface area contributed by atoms with Gasteiger partial charge in [0.25, 0.3) is 5.91 Å². The zero-order chi connectivity index (χ0) is 18.4. The Morgan fingerprint density at radius 3 is 2.48 bits per heavy atom. The second-order valence-electron chi connectivity index (χ2n) is 5.21. The van der Waals surface area contributed by atoms with E-state index in [2.05, 4.69) is 5.32 Å². The van der Waals surface area contributed by atoms with Crippen LogP contribution in [0.5, 0.6) is 0 Å². The molecule has 0 spiro atoms. The number of nitrogens with one attached hydrogen (secondary N) is 1. The lowest BCUT2D eigenvalue weighted by atomic mass is 10.1. The monoisotopic (exact) mass is 383 g/mol. The van der Waals surface area contributed by atoms with Crippen LogP contribution in [0.1, 0.15) is 22.8 Å². The Morgan fingerprint density at radius 2 is 1.84 bits per heavy atom.